The molecule has 470 valence electrons. The van der Waals surface area contributed by atoms with Crippen molar-refractivity contribution < 1.29 is 50.4 Å². The number of unbranched alkanes of at least 4 members (excludes halogenated alkanes) is 2. The van der Waals surface area contributed by atoms with E-state index in [0.717, 1.165) is 107 Å². The predicted octanol–water partition coefficient (Wildman–Crippen LogP) is 15.6. The van der Waals surface area contributed by atoms with Crippen molar-refractivity contribution in [1.82, 2.24) is 0 Å². The number of para-hydroxylation sites is 2. The molecule has 87 heavy (non-hydrogen) atoms. The summed E-state index contributed by atoms with van der Waals surface area (Å²) in [6.45, 7) is 6.08. The summed E-state index contributed by atoms with van der Waals surface area (Å²) < 4.78 is 90.8. The van der Waals surface area contributed by atoms with Crippen LogP contribution in [0.25, 0.3) is 0 Å². The molecule has 0 fully saturated rings. The molecular formula is C71H88F7N5O4. The predicted molar refractivity (Wildman–Crippen MR) is 344 cm³/mol. The number of hydrogen-bond acceptors (Lipinski definition) is 9. The molecule has 1 aliphatic heterocycles. The van der Waals surface area contributed by atoms with Crippen LogP contribution in [0.4, 0.5) is 36.4 Å². The van der Waals surface area contributed by atoms with Gasteiger partial charge in [0.25, 0.3) is 0 Å². The van der Waals surface area contributed by atoms with Crippen molar-refractivity contribution in [3.05, 3.63) is 306 Å². The molecule has 0 atom stereocenters. The van der Waals surface area contributed by atoms with Crippen LogP contribution < -0.4 is 38.1 Å². The van der Waals surface area contributed by atoms with Crippen LogP contribution >= 0.6 is 0 Å². The Morgan fingerprint density at radius 1 is 0.460 bits per heavy atom. The van der Waals surface area contributed by atoms with E-state index in [0.29, 0.717) is 13.2 Å². The lowest BCUT2D eigenvalue weighted by Gasteiger charge is -2.07. The van der Waals surface area contributed by atoms with Crippen LogP contribution in [-0.2, 0) is 32.0 Å². The van der Waals surface area contributed by atoms with Crippen LogP contribution in [-0.4, -0.2) is 56.5 Å². The van der Waals surface area contributed by atoms with Crippen LogP contribution in [0.15, 0.2) is 267 Å². The first-order valence-corrected chi connectivity index (χ1v) is 28.2. The lowest BCUT2D eigenvalue weighted by Crippen LogP contribution is -2.16. The van der Waals surface area contributed by atoms with Crippen molar-refractivity contribution in [2.24, 2.45) is 22.9 Å². The van der Waals surface area contributed by atoms with Gasteiger partial charge in [0.05, 0.1) is 12.2 Å². The zero-order chi connectivity index (χ0) is 64.5. The minimum atomic E-state index is -4.60. The maximum absolute atomic E-state index is 11.9. The van der Waals surface area contributed by atoms with Crippen LogP contribution in [0.1, 0.15) is 59.1 Å². The molecule has 10 rings (SSSR count). The fraction of sp³-hybridized carbons (Fsp3) is 0.239. The summed E-state index contributed by atoms with van der Waals surface area (Å²) in [5, 5.41) is 15.3. The number of fused-ring (bicyclic) bond motifs is 1. The smallest absolute Gasteiger partial charge is 0.493 e. The van der Waals surface area contributed by atoms with Crippen LogP contribution in [0.3, 0.4) is 0 Å². The molecule has 0 amide bonds. The van der Waals surface area contributed by atoms with Crippen molar-refractivity contribution in [2.45, 2.75) is 71.0 Å². The highest BCUT2D eigenvalue weighted by molar-refractivity contribution is 5.40. The third kappa shape index (κ3) is 47.6. The zero-order valence-electron chi connectivity index (χ0n) is 49.8. The second-order valence-electron chi connectivity index (χ2n) is 18.0. The van der Waals surface area contributed by atoms with Crippen molar-refractivity contribution in [2.75, 3.05) is 45.7 Å². The molecule has 1 heterocycles. The molecule has 9 aromatic rings. The number of rotatable bonds is 11. The number of anilines is 1. The number of aliphatic hydroxyl groups is 2. The average molecular weight is 1210 g/mol. The molecule has 16 heteroatoms. The minimum absolute atomic E-state index is 0.178. The normalized spacial score (nSPS) is 10.1. The highest BCUT2D eigenvalue weighted by Crippen LogP contribution is 2.28. The number of aryl methyl sites for hydroxylation is 2. The Hall–Kier alpha value is -8.35. The highest BCUT2D eigenvalue weighted by atomic mass is 19.4. The van der Waals surface area contributed by atoms with E-state index in [9.17, 15) is 30.7 Å². The number of nitrogen functional groups attached to an aromatic ring is 1. The van der Waals surface area contributed by atoms with E-state index in [1.165, 1.54) is 70.8 Å². The summed E-state index contributed by atoms with van der Waals surface area (Å²) in [5.74, 6) is 0.649. The third-order valence-electron chi connectivity index (χ3n) is 10.9. The number of nitrogens with two attached hydrogens (primary N) is 5. The molecule has 0 unspecified atom stereocenters. The largest absolute Gasteiger partial charge is 0.573 e. The van der Waals surface area contributed by atoms with Gasteiger partial charge in [-0.15, -0.1) is 13.2 Å². The molecule has 1 aliphatic rings. The lowest BCUT2D eigenvalue weighted by atomic mass is 10.1. The number of benzene rings is 9. The van der Waals surface area contributed by atoms with Gasteiger partial charge in [-0.3, -0.25) is 0 Å². The Labute approximate surface area is 511 Å². The molecule has 0 aromatic heterocycles. The minimum Gasteiger partial charge on any atom is -0.493 e. The van der Waals surface area contributed by atoms with Gasteiger partial charge in [-0.2, -0.15) is 13.2 Å². The highest BCUT2D eigenvalue weighted by Gasteiger charge is 2.31. The van der Waals surface area contributed by atoms with Gasteiger partial charge < -0.3 is 48.4 Å². The molecule has 9 nitrogen and oxygen atoms in total. The van der Waals surface area contributed by atoms with Gasteiger partial charge >= 0.3 is 12.5 Å². The molecular weight excluding hydrogens is 1120 g/mol. The van der Waals surface area contributed by atoms with Gasteiger partial charge in [-0.25, -0.2) is 4.39 Å². The topological polar surface area (TPSA) is 189 Å². The maximum atomic E-state index is 11.9. The van der Waals surface area contributed by atoms with E-state index in [1.54, 1.807) is 30.3 Å². The first-order valence-electron chi connectivity index (χ1n) is 28.2. The first-order chi connectivity index (χ1) is 42.0. The molecule has 0 aliphatic carbocycles. The van der Waals surface area contributed by atoms with Crippen molar-refractivity contribution >= 4 is 5.69 Å². The standard InChI is InChI=1S/C9H11NO.C9H13N.C8H11N.C7H5F3O.C7H5F3.C7H8.C6H5F.C6H7N.C6H6.C5H13NO.CH4O/c10-6-7-1-2-8-3-4-11-9(8)5-7;10-8-4-7-9-5-2-1-3-6-9;9-7-6-8-4-2-1-3-5-8;8-7(9,10)11-6-4-2-1-3-5-6;8-7(9,10)6-4-2-1-3-5-6;1-7-5-3-2-4-6-7;2*7-6-4-2-1-3-5-6;1-2-4-6-5-3-1;6-4-2-1-3-5-7;1-2/h1-2,5H,3-4,6,10H2;1-3,5-6H,4,7-8,10H2;1-5H,6-7,9H2;1-5H;1-5H;2-6H,1H3;1-5H;1-5H,7H2;1-6H;7H,1-6H2;2H,1H3. The SMILES string of the molecule is CO.Cc1ccccc1.FC(F)(F)Oc1ccccc1.FC(F)(F)c1ccccc1.Fc1ccccc1.NCCCCCO.NCCCc1ccccc1.NCCc1ccccc1.NCc1ccc2c(c1)OCC2.Nc1ccccc1.c1ccccc1. The van der Waals surface area contributed by atoms with Crippen LogP contribution in [0, 0.1) is 12.7 Å². The summed E-state index contributed by atoms with van der Waals surface area (Å²) in [7, 11) is 1.00. The van der Waals surface area contributed by atoms with Crippen molar-refractivity contribution in [3.8, 4) is 11.5 Å². The van der Waals surface area contributed by atoms with E-state index < -0.39 is 18.1 Å². The Kier molecular flexibility index (Phi) is 48.0. The Bertz CT molecular complexity index is 2740. The number of alkyl halides is 6. The van der Waals surface area contributed by atoms with Gasteiger partial charge in [0.1, 0.15) is 17.3 Å². The summed E-state index contributed by atoms with van der Waals surface area (Å²) in [4.78, 5) is 0. The van der Waals surface area contributed by atoms with Crippen LogP contribution in [0.2, 0.25) is 0 Å². The summed E-state index contributed by atoms with van der Waals surface area (Å²) in [5.41, 5.74) is 33.5. The molecule has 0 radical (unpaired) electrons. The molecule has 0 saturated carbocycles. The van der Waals surface area contributed by atoms with E-state index >= 15 is 0 Å². The molecule has 0 saturated heterocycles. The third-order valence-corrected chi connectivity index (χ3v) is 10.9. The van der Waals surface area contributed by atoms with Gasteiger partial charge in [-0.05, 0) is 130 Å². The molecule has 12 N–H and O–H groups in total. The van der Waals surface area contributed by atoms with Crippen LogP contribution in [0.5, 0.6) is 11.5 Å². The number of hydrogen-bond donors (Lipinski definition) is 7. The van der Waals surface area contributed by atoms with Gasteiger partial charge in [-0.1, -0.05) is 230 Å². The zero-order valence-corrected chi connectivity index (χ0v) is 49.8. The number of aliphatic hydroxyl groups excluding tert-OH is 2. The van der Waals surface area contributed by atoms with E-state index in [-0.39, 0.29) is 11.6 Å². The Morgan fingerprint density at radius 3 is 1.22 bits per heavy atom. The number of halogens is 7. The Balaban J connectivity index is 0.000000947. The molecule has 0 bridgehead atoms. The lowest BCUT2D eigenvalue weighted by molar-refractivity contribution is -0.274. The fourth-order valence-corrected chi connectivity index (χ4v) is 6.57. The van der Waals surface area contributed by atoms with E-state index in [1.807, 2.05) is 115 Å². The summed E-state index contributed by atoms with van der Waals surface area (Å²) in [6, 6.07) is 80.0. The van der Waals surface area contributed by atoms with E-state index in [4.69, 9.17) is 43.6 Å². The first kappa shape index (κ1) is 78.6. The quantitative estimate of drug-likeness (QED) is 0.0375. The molecule has 0 spiro atoms. The summed E-state index contributed by atoms with van der Waals surface area (Å²) in [6.07, 6.45) is -1.57. The maximum Gasteiger partial charge on any atom is 0.573 e. The Morgan fingerprint density at radius 2 is 0.874 bits per heavy atom. The van der Waals surface area contributed by atoms with Crippen molar-refractivity contribution in [1.29, 1.82) is 0 Å². The monoisotopic (exact) mass is 1210 g/mol. The second kappa shape index (κ2) is 53.1. The average Bonchev–Trinajstić information content (AvgIpc) is 3.92. The van der Waals surface area contributed by atoms with Gasteiger partial charge in [0.15, 0.2) is 0 Å². The van der Waals surface area contributed by atoms with E-state index in [2.05, 4.69) is 72.3 Å². The number of ether oxygens (including phenoxy) is 2. The molecule has 9 aromatic carbocycles. The second-order valence-corrected chi connectivity index (χ2v) is 18.0. The van der Waals surface area contributed by atoms with Crippen molar-refractivity contribution in [3.63, 3.8) is 0 Å². The fourth-order valence-electron chi connectivity index (χ4n) is 6.57. The summed E-state index contributed by atoms with van der Waals surface area (Å²) >= 11 is 0. The van der Waals surface area contributed by atoms with Gasteiger partial charge in [0.2, 0.25) is 0 Å². The van der Waals surface area contributed by atoms with Gasteiger partial charge in [0, 0.05) is 32.4 Å².